The molecule has 1 saturated heterocycles. The minimum atomic E-state index is -4.36. The molecule has 0 saturated carbocycles. The number of urea groups is 1. The predicted octanol–water partition coefficient (Wildman–Crippen LogP) is 1.53. The number of hydrogen-bond acceptors (Lipinski definition) is 3. The van der Waals surface area contributed by atoms with Crippen LogP contribution < -0.4 is 5.32 Å². The fraction of sp³-hybridized carbons (Fsp3) is 0.818. The number of hydrogen-bond donors (Lipinski definition) is 1. The predicted molar refractivity (Wildman–Crippen MR) is 60.4 cm³/mol. The van der Waals surface area contributed by atoms with Crippen molar-refractivity contribution in [2.45, 2.75) is 32.5 Å². The molecule has 5 nitrogen and oxygen atoms in total. The number of halogens is 3. The van der Waals surface area contributed by atoms with E-state index in [2.05, 4.69) is 10.1 Å². The SMILES string of the molecule is CC(C)C1NC(=O)N(CCCOCC(F)(F)F)C1=O. The van der Waals surface area contributed by atoms with Gasteiger partial charge < -0.3 is 10.1 Å². The zero-order valence-electron chi connectivity index (χ0n) is 10.8. The van der Waals surface area contributed by atoms with Gasteiger partial charge in [-0.3, -0.25) is 9.69 Å². The van der Waals surface area contributed by atoms with Gasteiger partial charge in [0.1, 0.15) is 12.6 Å². The third kappa shape index (κ3) is 4.70. The fourth-order valence-corrected chi connectivity index (χ4v) is 1.72. The Labute approximate surface area is 109 Å². The molecule has 1 N–H and O–H groups in total. The molecule has 0 aromatic rings. The second-order valence-electron chi connectivity index (χ2n) is 4.68. The third-order valence-electron chi connectivity index (χ3n) is 2.66. The van der Waals surface area contributed by atoms with Crippen molar-refractivity contribution in [1.82, 2.24) is 10.2 Å². The summed E-state index contributed by atoms with van der Waals surface area (Å²) in [5.74, 6) is -0.362. The molecule has 0 bridgehead atoms. The lowest BCUT2D eigenvalue weighted by Crippen LogP contribution is -2.35. The van der Waals surface area contributed by atoms with Gasteiger partial charge >= 0.3 is 12.2 Å². The fourth-order valence-electron chi connectivity index (χ4n) is 1.72. The minimum absolute atomic E-state index is 0.0251. The number of ether oxygens (including phenoxy) is 1. The Hall–Kier alpha value is -1.31. The normalized spacial score (nSPS) is 20.3. The molecule has 0 spiro atoms. The van der Waals surface area contributed by atoms with Crippen LogP contribution in [0.4, 0.5) is 18.0 Å². The zero-order valence-corrected chi connectivity index (χ0v) is 10.8. The van der Waals surface area contributed by atoms with E-state index in [1.807, 2.05) is 0 Å². The molecule has 1 heterocycles. The summed E-state index contributed by atoms with van der Waals surface area (Å²) in [6.45, 7) is 2.20. The number of amides is 3. The monoisotopic (exact) mass is 282 g/mol. The van der Waals surface area contributed by atoms with Crippen LogP contribution in [0.1, 0.15) is 20.3 Å². The van der Waals surface area contributed by atoms with Crippen molar-refractivity contribution in [1.29, 1.82) is 0 Å². The van der Waals surface area contributed by atoms with Gasteiger partial charge in [0.25, 0.3) is 5.91 Å². The number of carbonyl (C=O) groups is 2. The summed E-state index contributed by atoms with van der Waals surface area (Å²) >= 11 is 0. The molecule has 1 aliphatic heterocycles. The molecule has 0 aromatic carbocycles. The van der Waals surface area contributed by atoms with E-state index in [-0.39, 0.29) is 31.4 Å². The highest BCUT2D eigenvalue weighted by atomic mass is 19.4. The lowest BCUT2D eigenvalue weighted by atomic mass is 10.1. The highest BCUT2D eigenvalue weighted by molar-refractivity contribution is 6.04. The van der Waals surface area contributed by atoms with Crippen LogP contribution in [0, 0.1) is 5.92 Å². The van der Waals surface area contributed by atoms with Crippen molar-refractivity contribution in [3.63, 3.8) is 0 Å². The third-order valence-corrected chi connectivity index (χ3v) is 2.66. The molecule has 1 unspecified atom stereocenters. The Morgan fingerprint density at radius 3 is 2.47 bits per heavy atom. The van der Waals surface area contributed by atoms with E-state index < -0.39 is 24.9 Å². The van der Waals surface area contributed by atoms with Crippen molar-refractivity contribution in [3.05, 3.63) is 0 Å². The molecule has 1 rings (SSSR count). The smallest absolute Gasteiger partial charge is 0.372 e. The van der Waals surface area contributed by atoms with Crippen molar-refractivity contribution in [3.8, 4) is 0 Å². The second kappa shape index (κ2) is 6.23. The summed E-state index contributed by atoms with van der Waals surface area (Å²) in [6.07, 6.45) is -4.18. The summed E-state index contributed by atoms with van der Waals surface area (Å²) in [5.41, 5.74) is 0. The Bertz CT molecular complexity index is 345. The topological polar surface area (TPSA) is 58.6 Å². The molecule has 8 heteroatoms. The molecule has 3 amide bonds. The average molecular weight is 282 g/mol. The van der Waals surface area contributed by atoms with Crippen molar-refractivity contribution < 1.29 is 27.5 Å². The van der Waals surface area contributed by atoms with E-state index in [1.54, 1.807) is 13.8 Å². The summed E-state index contributed by atoms with van der Waals surface area (Å²) in [6, 6.07) is -1.05. The maximum atomic E-state index is 11.8. The number of rotatable bonds is 6. The van der Waals surface area contributed by atoms with Crippen molar-refractivity contribution in [2.24, 2.45) is 5.92 Å². The van der Waals surface area contributed by atoms with Crippen LogP contribution in [0.3, 0.4) is 0 Å². The molecule has 1 aliphatic rings. The lowest BCUT2D eigenvalue weighted by molar-refractivity contribution is -0.174. The van der Waals surface area contributed by atoms with E-state index in [1.165, 1.54) is 0 Å². The average Bonchev–Trinajstić information content (AvgIpc) is 2.54. The van der Waals surface area contributed by atoms with Gasteiger partial charge in [0, 0.05) is 13.2 Å². The van der Waals surface area contributed by atoms with E-state index in [0.717, 1.165) is 4.90 Å². The number of imide groups is 1. The molecular weight excluding hydrogens is 265 g/mol. The van der Waals surface area contributed by atoms with Crippen LogP contribution >= 0.6 is 0 Å². The maximum absolute atomic E-state index is 11.8. The first-order valence-electron chi connectivity index (χ1n) is 5.98. The van der Waals surface area contributed by atoms with E-state index in [0.29, 0.717) is 0 Å². The molecule has 0 aliphatic carbocycles. The van der Waals surface area contributed by atoms with Crippen LogP contribution in [0.15, 0.2) is 0 Å². The van der Waals surface area contributed by atoms with Gasteiger partial charge in [0.05, 0.1) is 0 Å². The Kier molecular flexibility index (Phi) is 5.16. The van der Waals surface area contributed by atoms with E-state index >= 15 is 0 Å². The first-order chi connectivity index (χ1) is 8.72. The van der Waals surface area contributed by atoms with Gasteiger partial charge in [-0.2, -0.15) is 13.2 Å². The van der Waals surface area contributed by atoms with Gasteiger partial charge in [0.2, 0.25) is 0 Å². The van der Waals surface area contributed by atoms with Crippen LogP contribution in [0.5, 0.6) is 0 Å². The number of nitrogens with one attached hydrogen (secondary N) is 1. The standard InChI is InChI=1S/C11H17F3N2O3/c1-7(2)8-9(17)16(10(18)15-8)4-3-5-19-6-11(12,13)14/h7-8H,3-6H2,1-2H3,(H,15,18). The van der Waals surface area contributed by atoms with E-state index in [4.69, 9.17) is 0 Å². The summed E-state index contributed by atoms with van der Waals surface area (Å²) in [7, 11) is 0. The van der Waals surface area contributed by atoms with Gasteiger partial charge in [-0.15, -0.1) is 0 Å². The highest BCUT2D eigenvalue weighted by Gasteiger charge is 2.39. The molecule has 19 heavy (non-hydrogen) atoms. The van der Waals surface area contributed by atoms with Gasteiger partial charge in [-0.1, -0.05) is 13.8 Å². The minimum Gasteiger partial charge on any atom is -0.372 e. The van der Waals surface area contributed by atoms with Crippen LogP contribution in [0.2, 0.25) is 0 Å². The zero-order chi connectivity index (χ0) is 14.6. The van der Waals surface area contributed by atoms with Gasteiger partial charge in [-0.05, 0) is 12.3 Å². The summed E-state index contributed by atoms with van der Waals surface area (Å²) in [5, 5.41) is 2.53. The first-order valence-corrected chi connectivity index (χ1v) is 5.98. The second-order valence-corrected chi connectivity index (χ2v) is 4.68. The van der Waals surface area contributed by atoms with Gasteiger partial charge in [-0.25, -0.2) is 4.79 Å². The molecule has 1 atom stereocenters. The van der Waals surface area contributed by atoms with Crippen molar-refractivity contribution in [2.75, 3.05) is 19.8 Å². The number of carbonyl (C=O) groups excluding carboxylic acids is 2. The van der Waals surface area contributed by atoms with E-state index in [9.17, 15) is 22.8 Å². The molecule has 1 fully saturated rings. The Balaban J connectivity index is 2.30. The maximum Gasteiger partial charge on any atom is 0.411 e. The van der Waals surface area contributed by atoms with Crippen LogP contribution in [-0.2, 0) is 9.53 Å². The molecule has 0 radical (unpaired) electrons. The quantitative estimate of drug-likeness (QED) is 0.594. The van der Waals surface area contributed by atoms with Crippen LogP contribution in [-0.4, -0.2) is 48.8 Å². The summed E-state index contributed by atoms with van der Waals surface area (Å²) < 4.78 is 39.8. The number of nitrogens with zero attached hydrogens (tertiary/aromatic N) is 1. The summed E-state index contributed by atoms with van der Waals surface area (Å²) in [4.78, 5) is 24.3. The highest BCUT2D eigenvalue weighted by Crippen LogP contribution is 2.15. The first kappa shape index (κ1) is 15.7. The Morgan fingerprint density at radius 1 is 1.37 bits per heavy atom. The van der Waals surface area contributed by atoms with Crippen LogP contribution in [0.25, 0.3) is 0 Å². The molecular formula is C11H17F3N2O3. The lowest BCUT2D eigenvalue weighted by Gasteiger charge is -2.14. The molecule has 0 aromatic heterocycles. The van der Waals surface area contributed by atoms with Gasteiger partial charge in [0.15, 0.2) is 0 Å². The number of alkyl halides is 3. The van der Waals surface area contributed by atoms with Crippen molar-refractivity contribution >= 4 is 11.9 Å². The Morgan fingerprint density at radius 2 is 2.00 bits per heavy atom. The largest absolute Gasteiger partial charge is 0.411 e. The molecule has 110 valence electrons.